The smallest absolute Gasteiger partial charge is 0.145 e. The van der Waals surface area contributed by atoms with Crippen molar-refractivity contribution in [2.45, 2.75) is 0 Å². The second kappa shape index (κ2) is 3.83. The van der Waals surface area contributed by atoms with Crippen LogP contribution in [0.15, 0.2) is 22.7 Å². The zero-order valence-electron chi connectivity index (χ0n) is 6.76. The quantitative estimate of drug-likeness (QED) is 0.551. The Hall–Kier alpha value is -0.0700. The molecule has 5 heteroatoms. The van der Waals surface area contributed by atoms with E-state index in [0.29, 0.717) is 15.1 Å². The van der Waals surface area contributed by atoms with Crippen molar-refractivity contribution < 1.29 is 5.11 Å². The fraction of sp³-hybridized carbons (Fsp3) is 0. The minimum Gasteiger partial charge on any atom is -0.506 e. The largest absolute Gasteiger partial charge is 0.506 e. The van der Waals surface area contributed by atoms with E-state index >= 15 is 0 Å². The number of rotatable bonds is 0. The van der Waals surface area contributed by atoms with Gasteiger partial charge in [0, 0.05) is 5.39 Å². The molecule has 0 saturated carbocycles. The van der Waals surface area contributed by atoms with Gasteiger partial charge >= 0.3 is 0 Å². The molecule has 0 aliphatic carbocycles. The van der Waals surface area contributed by atoms with Crippen LogP contribution in [0.5, 0.6) is 5.75 Å². The zero-order valence-corrected chi connectivity index (χ0v) is 11.3. The highest BCUT2D eigenvalue weighted by Crippen LogP contribution is 2.35. The van der Waals surface area contributed by atoms with Crippen molar-refractivity contribution in [3.63, 3.8) is 0 Å². The Labute approximate surface area is 108 Å². The fourth-order valence-corrected chi connectivity index (χ4v) is 2.81. The third kappa shape index (κ3) is 1.70. The molecule has 0 amide bonds. The summed E-state index contributed by atoms with van der Waals surface area (Å²) in [5, 5.41) is 11.0. The van der Waals surface area contributed by atoms with Gasteiger partial charge in [0.1, 0.15) is 10.9 Å². The molecule has 0 fully saturated rings. The Balaban J connectivity index is 2.92. The first-order valence-electron chi connectivity index (χ1n) is 3.73. The van der Waals surface area contributed by atoms with E-state index in [1.54, 1.807) is 6.07 Å². The van der Waals surface area contributed by atoms with Crippen LogP contribution in [0.3, 0.4) is 0 Å². The van der Waals surface area contributed by atoms with E-state index < -0.39 is 0 Å². The highest BCUT2D eigenvalue weighted by atomic mass is 127. The maximum atomic E-state index is 9.66. The highest BCUT2D eigenvalue weighted by molar-refractivity contribution is 14.1. The Morgan fingerprint density at radius 3 is 2.86 bits per heavy atom. The van der Waals surface area contributed by atoms with Crippen LogP contribution >= 0.6 is 50.1 Å². The number of hydrogen-bond acceptors (Lipinski definition) is 2. The average molecular weight is 384 g/mol. The topological polar surface area (TPSA) is 33.1 Å². The van der Waals surface area contributed by atoms with Gasteiger partial charge in [-0.1, -0.05) is 11.6 Å². The molecule has 0 saturated heterocycles. The number of benzene rings is 1. The lowest BCUT2D eigenvalue weighted by Crippen LogP contribution is -1.84. The van der Waals surface area contributed by atoms with Crippen molar-refractivity contribution in [1.29, 1.82) is 0 Å². The van der Waals surface area contributed by atoms with Crippen LogP contribution in [0.25, 0.3) is 10.9 Å². The van der Waals surface area contributed by atoms with Crippen LogP contribution in [0.1, 0.15) is 0 Å². The van der Waals surface area contributed by atoms with Gasteiger partial charge in [0.25, 0.3) is 0 Å². The van der Waals surface area contributed by atoms with Gasteiger partial charge in [0.2, 0.25) is 0 Å². The van der Waals surface area contributed by atoms with Crippen LogP contribution in [0.4, 0.5) is 0 Å². The molecule has 0 atom stereocenters. The number of halogens is 3. The van der Waals surface area contributed by atoms with E-state index in [0.717, 1.165) is 8.96 Å². The lowest BCUT2D eigenvalue weighted by molar-refractivity contribution is 0.469. The van der Waals surface area contributed by atoms with E-state index in [1.807, 2.05) is 12.1 Å². The normalized spacial score (nSPS) is 10.8. The molecule has 0 aliphatic rings. The molecular weight excluding hydrogens is 380 g/mol. The number of pyridine rings is 1. The third-order valence-electron chi connectivity index (χ3n) is 1.82. The molecule has 1 heterocycles. The number of phenols is 1. The number of aromatic nitrogens is 1. The number of fused-ring (bicyclic) bond motifs is 1. The van der Waals surface area contributed by atoms with Crippen LogP contribution in [-0.4, -0.2) is 10.1 Å². The van der Waals surface area contributed by atoms with Crippen molar-refractivity contribution >= 4 is 61.0 Å². The molecule has 1 aromatic carbocycles. The second-order valence-corrected chi connectivity index (χ2v) is 5.07. The predicted molar refractivity (Wildman–Crippen MR) is 68.8 cm³/mol. The molecule has 72 valence electrons. The number of phenolic OH excluding ortho intramolecular Hbond substituents is 1. The average Bonchev–Trinajstić information content (AvgIpc) is 2.16. The highest BCUT2D eigenvalue weighted by Gasteiger charge is 2.09. The summed E-state index contributed by atoms with van der Waals surface area (Å²) in [5.41, 5.74) is 0.676. The number of hydrogen-bond donors (Lipinski definition) is 1. The van der Waals surface area contributed by atoms with E-state index in [4.69, 9.17) is 11.6 Å². The molecule has 0 unspecified atom stereocenters. The number of aromatic hydroxyl groups is 1. The van der Waals surface area contributed by atoms with Gasteiger partial charge in [-0.15, -0.1) is 0 Å². The molecule has 1 N–H and O–H groups in total. The summed E-state index contributed by atoms with van der Waals surface area (Å²) in [5.74, 6) is 0.202. The first-order chi connectivity index (χ1) is 6.59. The van der Waals surface area contributed by atoms with E-state index in [1.165, 1.54) is 0 Å². The zero-order chi connectivity index (χ0) is 10.3. The van der Waals surface area contributed by atoms with Gasteiger partial charge in [-0.2, -0.15) is 0 Å². The molecule has 0 radical (unpaired) electrons. The maximum absolute atomic E-state index is 9.66. The van der Waals surface area contributed by atoms with Crippen molar-refractivity contribution in [3.05, 3.63) is 31.4 Å². The Morgan fingerprint density at radius 2 is 2.14 bits per heavy atom. The first kappa shape index (κ1) is 10.4. The molecule has 0 aliphatic heterocycles. The van der Waals surface area contributed by atoms with Crippen LogP contribution in [0, 0.1) is 3.57 Å². The predicted octanol–water partition coefficient (Wildman–Crippen LogP) is 3.96. The van der Waals surface area contributed by atoms with E-state index in [-0.39, 0.29) is 5.75 Å². The van der Waals surface area contributed by atoms with Crippen molar-refractivity contribution in [1.82, 2.24) is 4.98 Å². The summed E-state index contributed by atoms with van der Waals surface area (Å²) in [6.45, 7) is 0. The summed E-state index contributed by atoms with van der Waals surface area (Å²) in [4.78, 5) is 4.13. The van der Waals surface area contributed by atoms with Crippen LogP contribution < -0.4 is 0 Å². The van der Waals surface area contributed by atoms with Gasteiger partial charge in [0.15, 0.2) is 0 Å². The SMILES string of the molecule is Oc1c(I)cc2ccc(Cl)nc2c1Br. The summed E-state index contributed by atoms with van der Waals surface area (Å²) in [6.07, 6.45) is 0. The Morgan fingerprint density at radius 1 is 1.43 bits per heavy atom. The Bertz CT molecular complexity index is 518. The summed E-state index contributed by atoms with van der Waals surface area (Å²) in [6, 6.07) is 5.46. The van der Waals surface area contributed by atoms with Gasteiger partial charge in [-0.05, 0) is 56.7 Å². The summed E-state index contributed by atoms with van der Waals surface area (Å²) < 4.78 is 1.37. The van der Waals surface area contributed by atoms with Gasteiger partial charge in [0.05, 0.1) is 13.6 Å². The molecule has 1 aromatic heterocycles. The minimum atomic E-state index is 0.202. The lowest BCUT2D eigenvalue weighted by Gasteiger charge is -2.04. The van der Waals surface area contributed by atoms with Gasteiger partial charge < -0.3 is 5.11 Å². The molecular formula is C9H4BrClINO. The number of nitrogens with zero attached hydrogens (tertiary/aromatic N) is 1. The third-order valence-corrected chi connectivity index (χ3v) is 3.60. The monoisotopic (exact) mass is 383 g/mol. The standard InChI is InChI=1S/C9H4BrClINO/c10-7-8-4(1-2-6(11)13-8)3-5(12)9(7)14/h1-3,14H. The van der Waals surface area contributed by atoms with Gasteiger partial charge in [-0.25, -0.2) is 4.98 Å². The summed E-state index contributed by atoms with van der Waals surface area (Å²) in [7, 11) is 0. The van der Waals surface area contributed by atoms with E-state index in [9.17, 15) is 5.11 Å². The molecule has 0 spiro atoms. The lowest BCUT2D eigenvalue weighted by atomic mass is 10.2. The molecule has 0 bridgehead atoms. The van der Waals surface area contributed by atoms with Crippen LogP contribution in [-0.2, 0) is 0 Å². The first-order valence-corrected chi connectivity index (χ1v) is 5.98. The fourth-order valence-electron chi connectivity index (χ4n) is 1.16. The minimum absolute atomic E-state index is 0.202. The van der Waals surface area contributed by atoms with Crippen molar-refractivity contribution in [2.24, 2.45) is 0 Å². The molecule has 2 rings (SSSR count). The Kier molecular flexibility index (Phi) is 2.86. The maximum Gasteiger partial charge on any atom is 0.145 e. The second-order valence-electron chi connectivity index (χ2n) is 2.73. The van der Waals surface area contributed by atoms with Crippen molar-refractivity contribution in [3.8, 4) is 5.75 Å². The van der Waals surface area contributed by atoms with Crippen molar-refractivity contribution in [2.75, 3.05) is 0 Å². The summed E-state index contributed by atoms with van der Waals surface area (Å²) >= 11 is 11.1. The molecule has 14 heavy (non-hydrogen) atoms. The van der Waals surface area contributed by atoms with Crippen LogP contribution in [0.2, 0.25) is 5.15 Å². The van der Waals surface area contributed by atoms with E-state index in [2.05, 4.69) is 43.5 Å². The van der Waals surface area contributed by atoms with Gasteiger partial charge in [-0.3, -0.25) is 0 Å². The molecule has 2 aromatic rings. The molecule has 2 nitrogen and oxygen atoms in total.